The minimum absolute atomic E-state index is 0.345. The van der Waals surface area contributed by atoms with Gasteiger partial charge in [0, 0.05) is 37.2 Å². The van der Waals surface area contributed by atoms with Gasteiger partial charge in [-0.05, 0) is 78.8 Å². The third kappa shape index (κ3) is 3.95. The van der Waals surface area contributed by atoms with Gasteiger partial charge in [0.25, 0.3) is 5.91 Å². The number of anilines is 4. The van der Waals surface area contributed by atoms with Crippen molar-refractivity contribution in [2.45, 2.75) is 31.6 Å². The Labute approximate surface area is 242 Å². The molecule has 1 N–H and O–H groups in total. The van der Waals surface area contributed by atoms with Crippen molar-refractivity contribution in [2.24, 2.45) is 5.10 Å². The number of Topliss-reactive ketones (excluding diaryl/α,β-unsaturated/α-hetero) is 2. The van der Waals surface area contributed by atoms with Crippen molar-refractivity contribution in [3.63, 3.8) is 0 Å². The highest BCUT2D eigenvalue weighted by Crippen LogP contribution is 2.42. The summed E-state index contributed by atoms with van der Waals surface area (Å²) in [4.78, 5) is 56.6. The Balaban J connectivity index is 1.19. The molecule has 1 aliphatic carbocycles. The Hall–Kier alpha value is -5.05. The lowest BCUT2D eigenvalue weighted by Gasteiger charge is -2.35. The molecule has 0 aromatic heterocycles. The molecule has 0 atom stereocenters. The van der Waals surface area contributed by atoms with Gasteiger partial charge < -0.3 is 14.9 Å². The number of hydrogen-bond acceptors (Lipinski definition) is 7. The highest BCUT2D eigenvalue weighted by molar-refractivity contribution is 6.58. The second kappa shape index (κ2) is 9.80. The molecule has 4 aliphatic rings. The van der Waals surface area contributed by atoms with Crippen LogP contribution in [0.2, 0.25) is 0 Å². The molecular formula is C33H28N4O5. The molecule has 3 aromatic rings. The van der Waals surface area contributed by atoms with Gasteiger partial charge in [-0.15, -0.1) is 0 Å². The van der Waals surface area contributed by atoms with Crippen LogP contribution in [-0.2, 0) is 32.0 Å². The van der Waals surface area contributed by atoms with E-state index in [1.807, 2.05) is 12.1 Å². The number of ketones is 2. The van der Waals surface area contributed by atoms with E-state index in [-0.39, 0.29) is 5.57 Å². The van der Waals surface area contributed by atoms with Crippen molar-refractivity contribution in [1.82, 2.24) is 0 Å². The minimum atomic E-state index is -1.48. The van der Waals surface area contributed by atoms with Gasteiger partial charge in [-0.25, -0.2) is 4.79 Å². The summed E-state index contributed by atoms with van der Waals surface area (Å²) in [6.07, 6.45) is 3.93. The second-order valence-electron chi connectivity index (χ2n) is 11.1. The molecule has 3 heterocycles. The van der Waals surface area contributed by atoms with E-state index in [4.69, 9.17) is 0 Å². The van der Waals surface area contributed by atoms with E-state index in [0.717, 1.165) is 60.7 Å². The molecule has 3 aromatic carbocycles. The molecular weight excluding hydrogens is 532 g/mol. The summed E-state index contributed by atoms with van der Waals surface area (Å²) >= 11 is 0. The highest BCUT2D eigenvalue weighted by Gasteiger charge is 2.52. The number of carboxylic acids is 1. The lowest BCUT2D eigenvalue weighted by atomic mass is 9.70. The molecule has 1 saturated carbocycles. The summed E-state index contributed by atoms with van der Waals surface area (Å²) in [5.74, 6) is -4.46. The Kier molecular flexibility index (Phi) is 6.04. The number of fused-ring (bicyclic) bond motifs is 2. The van der Waals surface area contributed by atoms with E-state index >= 15 is 0 Å². The quantitative estimate of drug-likeness (QED) is 0.290. The van der Waals surface area contributed by atoms with Crippen LogP contribution in [0.15, 0.2) is 83.0 Å². The fourth-order valence-electron chi connectivity index (χ4n) is 6.53. The molecule has 1 fully saturated rings. The predicted molar refractivity (Wildman–Crippen MR) is 159 cm³/mol. The van der Waals surface area contributed by atoms with Gasteiger partial charge in [0.05, 0.1) is 16.8 Å². The summed E-state index contributed by atoms with van der Waals surface area (Å²) < 4.78 is 0. The minimum Gasteiger partial charge on any atom is -0.476 e. The highest BCUT2D eigenvalue weighted by atomic mass is 16.4. The van der Waals surface area contributed by atoms with E-state index in [9.17, 15) is 24.3 Å². The number of hydrazone groups is 1. The molecule has 0 bridgehead atoms. The van der Waals surface area contributed by atoms with Crippen LogP contribution in [0.4, 0.5) is 22.7 Å². The molecule has 1 amide bonds. The first-order valence-electron chi connectivity index (χ1n) is 14.1. The third-order valence-electron chi connectivity index (χ3n) is 8.59. The number of hydrogen-bond donors (Lipinski definition) is 1. The van der Waals surface area contributed by atoms with E-state index in [2.05, 4.69) is 40.1 Å². The number of benzene rings is 3. The van der Waals surface area contributed by atoms with Crippen LogP contribution in [0.5, 0.6) is 0 Å². The summed E-state index contributed by atoms with van der Waals surface area (Å²) in [5.41, 5.74) is 5.31. The van der Waals surface area contributed by atoms with Crippen LogP contribution >= 0.6 is 0 Å². The molecule has 0 saturated heterocycles. The summed E-state index contributed by atoms with van der Waals surface area (Å²) in [6, 6.07) is 20.6. The van der Waals surface area contributed by atoms with Crippen molar-refractivity contribution in [1.29, 1.82) is 0 Å². The molecule has 0 unspecified atom stereocenters. The number of rotatable bonds is 4. The number of allylic oxidation sites excluding steroid dienone is 1. The van der Waals surface area contributed by atoms with Gasteiger partial charge in [0.2, 0.25) is 0 Å². The first kappa shape index (κ1) is 25.9. The molecule has 0 radical (unpaired) electrons. The fraction of sp³-hybridized carbons (Fsp3) is 0.242. The first-order chi connectivity index (χ1) is 20.3. The standard InChI is InChI=1S/C33H28N4O5/c1-35-15-5-7-20-18-23(12-14-24(20)35)36-16-6-8-19-17-21(11-13-25(19)36)26-30(38)28(31(26)39)27-29(33(41)42)34-37(32(27)40)22-9-3-2-4-10-22/h2-4,9-14,17-18,26H,5-8,15-16H2,1H3,(H,41,42). The van der Waals surface area contributed by atoms with Crippen LogP contribution in [0.3, 0.4) is 0 Å². The fourth-order valence-corrected chi connectivity index (χ4v) is 6.53. The van der Waals surface area contributed by atoms with Crippen LogP contribution in [0.1, 0.15) is 35.4 Å². The molecule has 9 nitrogen and oxygen atoms in total. The van der Waals surface area contributed by atoms with Crippen molar-refractivity contribution < 1.29 is 24.3 Å². The van der Waals surface area contributed by atoms with Crippen molar-refractivity contribution in [3.05, 3.63) is 94.6 Å². The number of carboxylic acid groups (broad SMARTS) is 1. The first-order valence-corrected chi connectivity index (χ1v) is 14.1. The van der Waals surface area contributed by atoms with Crippen molar-refractivity contribution >= 4 is 51.9 Å². The zero-order chi connectivity index (χ0) is 29.1. The summed E-state index contributed by atoms with van der Waals surface area (Å²) in [5, 5.41) is 14.6. The number of aliphatic carboxylic acids is 1. The van der Waals surface area contributed by atoms with Crippen LogP contribution in [0.25, 0.3) is 0 Å². The van der Waals surface area contributed by atoms with Crippen LogP contribution in [0, 0.1) is 0 Å². The van der Waals surface area contributed by atoms with Gasteiger partial charge >= 0.3 is 5.97 Å². The largest absolute Gasteiger partial charge is 0.476 e. The molecule has 9 heteroatoms. The molecule has 210 valence electrons. The zero-order valence-electron chi connectivity index (χ0n) is 23.0. The Morgan fingerprint density at radius 1 is 0.810 bits per heavy atom. The molecule has 7 rings (SSSR count). The van der Waals surface area contributed by atoms with Gasteiger partial charge in [-0.1, -0.05) is 30.3 Å². The van der Waals surface area contributed by atoms with Gasteiger partial charge in [0.15, 0.2) is 17.3 Å². The van der Waals surface area contributed by atoms with E-state index in [1.165, 1.54) is 11.3 Å². The van der Waals surface area contributed by atoms with Gasteiger partial charge in [-0.3, -0.25) is 14.4 Å². The zero-order valence-corrected chi connectivity index (χ0v) is 23.0. The Morgan fingerprint density at radius 2 is 1.50 bits per heavy atom. The van der Waals surface area contributed by atoms with Crippen molar-refractivity contribution in [3.8, 4) is 0 Å². The summed E-state index contributed by atoms with van der Waals surface area (Å²) in [6.45, 7) is 1.93. The number of carbonyl (C=O) groups is 4. The van der Waals surface area contributed by atoms with Crippen molar-refractivity contribution in [2.75, 3.05) is 34.9 Å². The number of amides is 1. The molecule has 42 heavy (non-hydrogen) atoms. The third-order valence-corrected chi connectivity index (χ3v) is 8.59. The van der Waals surface area contributed by atoms with Crippen LogP contribution in [-0.4, -0.2) is 54.4 Å². The van der Waals surface area contributed by atoms with E-state index in [1.54, 1.807) is 36.4 Å². The normalized spacial score (nSPS) is 19.9. The maximum Gasteiger partial charge on any atom is 0.357 e. The van der Waals surface area contributed by atoms with Crippen LogP contribution < -0.4 is 14.8 Å². The second-order valence-corrected chi connectivity index (χ2v) is 11.1. The lowest BCUT2D eigenvalue weighted by Crippen LogP contribution is -2.42. The average molecular weight is 561 g/mol. The SMILES string of the molecule is CN1CCCc2cc(N3CCCc4cc(C5C(=O)C(=C6C(=O)N(c7ccccc7)N=C6C(=O)O)C5=O)ccc43)ccc21. The lowest BCUT2D eigenvalue weighted by molar-refractivity contribution is -0.133. The Bertz CT molecular complexity index is 1740. The number of aryl methyl sites for hydroxylation is 2. The average Bonchev–Trinajstić information content (AvgIpc) is 3.33. The van der Waals surface area contributed by atoms with E-state index in [0.29, 0.717) is 11.3 Å². The molecule has 0 spiro atoms. The Morgan fingerprint density at radius 3 is 2.24 bits per heavy atom. The predicted octanol–water partition coefficient (Wildman–Crippen LogP) is 4.17. The van der Waals surface area contributed by atoms with Gasteiger partial charge in [-0.2, -0.15) is 10.1 Å². The monoisotopic (exact) mass is 560 g/mol. The maximum atomic E-state index is 13.4. The number of para-hydroxylation sites is 1. The topological polar surface area (TPSA) is 111 Å². The number of carbonyl (C=O) groups excluding carboxylic acids is 3. The number of nitrogens with zero attached hydrogens (tertiary/aromatic N) is 4. The van der Waals surface area contributed by atoms with E-state index < -0.39 is 40.6 Å². The summed E-state index contributed by atoms with van der Waals surface area (Å²) in [7, 11) is 2.12. The maximum absolute atomic E-state index is 13.4. The molecule has 3 aliphatic heterocycles. The smallest absolute Gasteiger partial charge is 0.357 e. The van der Waals surface area contributed by atoms with Gasteiger partial charge in [0.1, 0.15) is 5.92 Å².